The van der Waals surface area contributed by atoms with Crippen LogP contribution in [0.15, 0.2) is 24.3 Å². The van der Waals surface area contributed by atoms with E-state index < -0.39 is 0 Å². The average Bonchev–Trinajstić information content (AvgIpc) is 2.31. The van der Waals surface area contributed by atoms with Crippen molar-refractivity contribution in [1.82, 2.24) is 5.32 Å². The van der Waals surface area contributed by atoms with Gasteiger partial charge in [0.05, 0.1) is 6.42 Å². The van der Waals surface area contributed by atoms with Crippen molar-refractivity contribution in [3.8, 4) is 0 Å². The third kappa shape index (κ3) is 6.37. The largest absolute Gasteiger partial charge is 0.353 e. The van der Waals surface area contributed by atoms with E-state index in [-0.39, 0.29) is 24.2 Å². The van der Waals surface area contributed by atoms with Gasteiger partial charge in [-0.05, 0) is 30.9 Å². The lowest BCUT2D eigenvalue weighted by Gasteiger charge is -2.14. The second-order valence-electron chi connectivity index (χ2n) is 5.56. The first-order valence-electron chi connectivity index (χ1n) is 7.01. The van der Waals surface area contributed by atoms with Crippen LogP contribution in [0, 0.1) is 11.7 Å². The number of halogens is 1. The zero-order valence-electron chi connectivity index (χ0n) is 12.1. The maximum Gasteiger partial charge on any atom is 0.224 e. The summed E-state index contributed by atoms with van der Waals surface area (Å²) >= 11 is 0. The van der Waals surface area contributed by atoms with E-state index in [4.69, 9.17) is 0 Å². The van der Waals surface area contributed by atoms with Crippen LogP contribution in [0.2, 0.25) is 0 Å². The molecule has 1 unspecified atom stereocenters. The number of amides is 1. The van der Waals surface area contributed by atoms with Crippen molar-refractivity contribution in [3.63, 3.8) is 0 Å². The summed E-state index contributed by atoms with van der Waals surface area (Å²) in [6, 6.07) is 6.56. The molecule has 2 nitrogen and oxygen atoms in total. The summed E-state index contributed by atoms with van der Waals surface area (Å²) in [5.41, 5.74) is 0.453. The van der Waals surface area contributed by atoms with Gasteiger partial charge in [0.15, 0.2) is 0 Å². The summed E-state index contributed by atoms with van der Waals surface area (Å²) < 4.78 is 13.4. The van der Waals surface area contributed by atoms with Crippen molar-refractivity contribution in [2.75, 3.05) is 0 Å². The highest BCUT2D eigenvalue weighted by molar-refractivity contribution is 5.78. The summed E-state index contributed by atoms with van der Waals surface area (Å²) in [7, 11) is 0. The van der Waals surface area contributed by atoms with E-state index in [1.54, 1.807) is 18.2 Å². The SMILES string of the molecule is CC(C)CCCC(C)NC(=O)Cc1ccccc1F. The van der Waals surface area contributed by atoms with E-state index in [1.165, 1.54) is 12.5 Å². The van der Waals surface area contributed by atoms with Gasteiger partial charge in [0.25, 0.3) is 0 Å². The van der Waals surface area contributed by atoms with Gasteiger partial charge in [-0.15, -0.1) is 0 Å². The molecule has 1 rings (SSSR count). The molecule has 106 valence electrons. The molecule has 1 amide bonds. The highest BCUT2D eigenvalue weighted by Gasteiger charge is 2.10. The summed E-state index contributed by atoms with van der Waals surface area (Å²) in [5.74, 6) is 0.272. The molecule has 0 bridgehead atoms. The van der Waals surface area contributed by atoms with E-state index >= 15 is 0 Å². The minimum absolute atomic E-state index is 0.109. The zero-order valence-corrected chi connectivity index (χ0v) is 12.1. The molecule has 3 heteroatoms. The number of nitrogens with one attached hydrogen (secondary N) is 1. The number of carbonyl (C=O) groups is 1. The number of benzene rings is 1. The van der Waals surface area contributed by atoms with Gasteiger partial charge in [0, 0.05) is 6.04 Å². The summed E-state index contributed by atoms with van der Waals surface area (Å²) in [6.07, 6.45) is 3.37. The number of hydrogen-bond donors (Lipinski definition) is 1. The molecular formula is C16H24FNO. The molecule has 0 aliphatic carbocycles. The van der Waals surface area contributed by atoms with Gasteiger partial charge in [-0.3, -0.25) is 4.79 Å². The highest BCUT2D eigenvalue weighted by atomic mass is 19.1. The Morgan fingerprint density at radius 1 is 1.21 bits per heavy atom. The maximum atomic E-state index is 13.4. The lowest BCUT2D eigenvalue weighted by molar-refractivity contribution is -0.121. The molecule has 1 aromatic carbocycles. The van der Waals surface area contributed by atoms with Crippen LogP contribution in [0.5, 0.6) is 0 Å². The molecule has 0 fully saturated rings. The van der Waals surface area contributed by atoms with E-state index in [1.807, 2.05) is 6.92 Å². The molecule has 0 aromatic heterocycles. The Balaban J connectivity index is 2.33. The first kappa shape index (κ1) is 15.7. The number of rotatable bonds is 7. The summed E-state index contributed by atoms with van der Waals surface area (Å²) in [6.45, 7) is 6.39. The molecular weight excluding hydrogens is 241 g/mol. The van der Waals surface area contributed by atoms with E-state index in [2.05, 4.69) is 19.2 Å². The molecule has 0 saturated carbocycles. The highest BCUT2D eigenvalue weighted by Crippen LogP contribution is 2.09. The third-order valence-electron chi connectivity index (χ3n) is 3.13. The predicted molar refractivity (Wildman–Crippen MR) is 76.4 cm³/mol. The van der Waals surface area contributed by atoms with E-state index in [0.717, 1.165) is 12.8 Å². The standard InChI is InChI=1S/C16H24FNO/c1-12(2)7-6-8-13(3)18-16(19)11-14-9-4-5-10-15(14)17/h4-5,9-10,12-13H,6-8,11H2,1-3H3,(H,18,19). The van der Waals surface area contributed by atoms with Gasteiger partial charge in [-0.25, -0.2) is 4.39 Å². The Morgan fingerprint density at radius 3 is 2.53 bits per heavy atom. The topological polar surface area (TPSA) is 29.1 Å². The number of hydrogen-bond acceptors (Lipinski definition) is 1. The molecule has 1 N–H and O–H groups in total. The summed E-state index contributed by atoms with van der Waals surface area (Å²) in [5, 5.41) is 2.92. The van der Waals surface area contributed by atoms with Crippen LogP contribution in [0.25, 0.3) is 0 Å². The van der Waals surface area contributed by atoms with Crippen LogP contribution in [0.1, 0.15) is 45.6 Å². The molecule has 0 radical (unpaired) electrons. The van der Waals surface area contributed by atoms with Crippen LogP contribution in [-0.4, -0.2) is 11.9 Å². The third-order valence-corrected chi connectivity index (χ3v) is 3.13. The molecule has 0 heterocycles. The molecule has 1 atom stereocenters. The minimum Gasteiger partial charge on any atom is -0.353 e. The average molecular weight is 265 g/mol. The molecule has 19 heavy (non-hydrogen) atoms. The molecule has 0 aliphatic heterocycles. The minimum atomic E-state index is -0.315. The Bertz CT molecular complexity index is 403. The van der Waals surface area contributed by atoms with Gasteiger partial charge < -0.3 is 5.32 Å². The van der Waals surface area contributed by atoms with Crippen molar-refractivity contribution in [2.45, 2.75) is 52.5 Å². The molecule has 0 aliphatic rings. The fraction of sp³-hybridized carbons (Fsp3) is 0.562. The summed E-state index contributed by atoms with van der Waals surface area (Å²) in [4.78, 5) is 11.8. The first-order valence-corrected chi connectivity index (χ1v) is 7.01. The monoisotopic (exact) mass is 265 g/mol. The fourth-order valence-electron chi connectivity index (χ4n) is 2.05. The van der Waals surface area contributed by atoms with Gasteiger partial charge in [0.2, 0.25) is 5.91 Å². The van der Waals surface area contributed by atoms with Crippen molar-refractivity contribution < 1.29 is 9.18 Å². The Morgan fingerprint density at radius 2 is 1.89 bits per heavy atom. The smallest absolute Gasteiger partial charge is 0.224 e. The fourth-order valence-corrected chi connectivity index (χ4v) is 2.05. The van der Waals surface area contributed by atoms with Crippen molar-refractivity contribution in [3.05, 3.63) is 35.6 Å². The van der Waals surface area contributed by atoms with Crippen LogP contribution >= 0.6 is 0 Å². The van der Waals surface area contributed by atoms with Crippen LogP contribution < -0.4 is 5.32 Å². The van der Waals surface area contributed by atoms with Gasteiger partial charge >= 0.3 is 0 Å². The maximum absolute atomic E-state index is 13.4. The Hall–Kier alpha value is -1.38. The van der Waals surface area contributed by atoms with Crippen molar-refractivity contribution in [2.24, 2.45) is 5.92 Å². The predicted octanol–water partition coefficient (Wildman–Crippen LogP) is 3.70. The lowest BCUT2D eigenvalue weighted by atomic mass is 10.0. The van der Waals surface area contributed by atoms with Crippen molar-refractivity contribution in [1.29, 1.82) is 0 Å². The first-order chi connectivity index (χ1) is 8.99. The van der Waals surface area contributed by atoms with Gasteiger partial charge in [0.1, 0.15) is 5.82 Å². The van der Waals surface area contributed by atoms with Crippen LogP contribution in [0.4, 0.5) is 4.39 Å². The molecule has 1 aromatic rings. The Labute approximate surface area is 115 Å². The second kappa shape index (κ2) is 7.93. The molecule has 0 spiro atoms. The Kier molecular flexibility index (Phi) is 6.54. The van der Waals surface area contributed by atoms with Crippen LogP contribution in [0.3, 0.4) is 0 Å². The lowest BCUT2D eigenvalue weighted by Crippen LogP contribution is -2.33. The van der Waals surface area contributed by atoms with Gasteiger partial charge in [-0.1, -0.05) is 44.9 Å². The van der Waals surface area contributed by atoms with Crippen molar-refractivity contribution >= 4 is 5.91 Å². The normalized spacial score (nSPS) is 12.5. The quantitative estimate of drug-likeness (QED) is 0.800. The van der Waals surface area contributed by atoms with E-state index in [0.29, 0.717) is 11.5 Å². The van der Waals surface area contributed by atoms with E-state index in [9.17, 15) is 9.18 Å². The number of carbonyl (C=O) groups excluding carboxylic acids is 1. The second-order valence-corrected chi connectivity index (χ2v) is 5.56. The van der Waals surface area contributed by atoms with Gasteiger partial charge in [-0.2, -0.15) is 0 Å². The molecule has 0 saturated heterocycles. The zero-order chi connectivity index (χ0) is 14.3. The van der Waals surface area contributed by atoms with Crippen LogP contribution in [-0.2, 0) is 11.2 Å².